The van der Waals surface area contributed by atoms with Crippen LogP contribution in [0, 0.1) is 0 Å². The summed E-state index contributed by atoms with van der Waals surface area (Å²) in [5, 5.41) is 17.9. The molecule has 0 amide bonds. The minimum atomic E-state index is 0.137. The Kier molecular flexibility index (Phi) is 4.99. The highest BCUT2D eigenvalue weighted by Gasteiger charge is 2.12. The minimum Gasteiger partial charge on any atom is -0.493 e. The van der Waals surface area contributed by atoms with Gasteiger partial charge in [-0.1, -0.05) is 12.1 Å². The zero-order valence-electron chi connectivity index (χ0n) is 10.6. The monoisotopic (exact) mass is 251 g/mol. The Balaban J connectivity index is 1.88. The van der Waals surface area contributed by atoms with E-state index < -0.39 is 0 Å². The quantitative estimate of drug-likeness (QED) is 0.739. The topological polar surface area (TPSA) is 52.9 Å². The number of nitrogens with zero attached hydrogens (tertiary/aromatic N) is 1. The van der Waals surface area contributed by atoms with Gasteiger partial charge in [-0.15, -0.1) is 0 Å². The van der Waals surface area contributed by atoms with E-state index in [1.165, 1.54) is 11.1 Å². The van der Waals surface area contributed by atoms with E-state index in [-0.39, 0.29) is 13.2 Å². The average Bonchev–Trinajstić information content (AvgIpc) is 2.84. The largest absolute Gasteiger partial charge is 0.493 e. The van der Waals surface area contributed by atoms with Crippen LogP contribution in [0.2, 0.25) is 0 Å². The highest BCUT2D eigenvalue weighted by molar-refractivity contribution is 5.39. The van der Waals surface area contributed by atoms with Gasteiger partial charge in [-0.05, 0) is 23.6 Å². The lowest BCUT2D eigenvalue weighted by atomic mass is 10.1. The fourth-order valence-corrected chi connectivity index (χ4v) is 2.30. The second kappa shape index (κ2) is 6.73. The first-order valence-electron chi connectivity index (χ1n) is 6.52. The number of rotatable bonds is 7. The van der Waals surface area contributed by atoms with Gasteiger partial charge in [0.15, 0.2) is 0 Å². The predicted octanol–water partition coefficient (Wildman–Crippen LogP) is 0.451. The highest BCUT2D eigenvalue weighted by Crippen LogP contribution is 2.25. The van der Waals surface area contributed by atoms with Crippen molar-refractivity contribution in [1.29, 1.82) is 0 Å². The Morgan fingerprint density at radius 2 is 1.89 bits per heavy atom. The number of hydrogen-bond acceptors (Lipinski definition) is 4. The maximum atomic E-state index is 8.95. The number of hydrogen-bond donors (Lipinski definition) is 2. The molecular weight excluding hydrogens is 230 g/mol. The molecule has 0 aliphatic carbocycles. The maximum absolute atomic E-state index is 8.95. The molecule has 18 heavy (non-hydrogen) atoms. The van der Waals surface area contributed by atoms with Crippen LogP contribution >= 0.6 is 0 Å². The smallest absolute Gasteiger partial charge is 0.122 e. The van der Waals surface area contributed by atoms with Crippen LogP contribution in [0.1, 0.15) is 11.1 Å². The molecule has 0 saturated heterocycles. The SMILES string of the molecule is OCCN(CCO)CCc1ccc2c(c1)CCO2. The first-order valence-corrected chi connectivity index (χ1v) is 6.52. The summed E-state index contributed by atoms with van der Waals surface area (Å²) in [5.41, 5.74) is 2.59. The molecular formula is C14H21NO3. The number of benzene rings is 1. The number of fused-ring (bicyclic) bond motifs is 1. The molecule has 0 spiro atoms. The van der Waals surface area contributed by atoms with E-state index in [0.29, 0.717) is 13.1 Å². The maximum Gasteiger partial charge on any atom is 0.122 e. The third kappa shape index (κ3) is 3.45. The molecule has 2 rings (SSSR count). The molecule has 0 bridgehead atoms. The Hall–Kier alpha value is -1.10. The third-order valence-electron chi connectivity index (χ3n) is 3.30. The molecule has 1 aromatic rings. The van der Waals surface area contributed by atoms with E-state index in [2.05, 4.69) is 17.0 Å². The second-order valence-electron chi connectivity index (χ2n) is 4.58. The van der Waals surface area contributed by atoms with E-state index in [0.717, 1.165) is 31.7 Å². The number of ether oxygens (including phenoxy) is 1. The van der Waals surface area contributed by atoms with Gasteiger partial charge in [0.1, 0.15) is 5.75 Å². The first kappa shape index (κ1) is 13.3. The van der Waals surface area contributed by atoms with Gasteiger partial charge in [0, 0.05) is 26.1 Å². The van der Waals surface area contributed by atoms with Crippen LogP contribution in [0.5, 0.6) is 5.75 Å². The Labute approximate surface area is 108 Å². The lowest BCUT2D eigenvalue weighted by Gasteiger charge is -2.20. The lowest BCUT2D eigenvalue weighted by Crippen LogP contribution is -2.31. The van der Waals surface area contributed by atoms with Gasteiger partial charge < -0.3 is 14.9 Å². The molecule has 0 atom stereocenters. The van der Waals surface area contributed by atoms with Crippen molar-refractivity contribution in [1.82, 2.24) is 4.90 Å². The lowest BCUT2D eigenvalue weighted by molar-refractivity contribution is 0.162. The van der Waals surface area contributed by atoms with Crippen LogP contribution < -0.4 is 4.74 Å². The van der Waals surface area contributed by atoms with E-state index in [9.17, 15) is 0 Å². The fraction of sp³-hybridized carbons (Fsp3) is 0.571. The molecule has 4 nitrogen and oxygen atoms in total. The van der Waals surface area contributed by atoms with E-state index in [1.54, 1.807) is 0 Å². The Bertz CT molecular complexity index is 375. The first-order chi connectivity index (χ1) is 8.83. The van der Waals surface area contributed by atoms with Crippen LogP contribution in [0.4, 0.5) is 0 Å². The zero-order valence-corrected chi connectivity index (χ0v) is 10.6. The summed E-state index contributed by atoms with van der Waals surface area (Å²) < 4.78 is 5.48. The van der Waals surface area contributed by atoms with E-state index in [1.807, 2.05) is 6.07 Å². The van der Waals surface area contributed by atoms with Gasteiger partial charge in [-0.2, -0.15) is 0 Å². The molecule has 0 aromatic heterocycles. The van der Waals surface area contributed by atoms with Gasteiger partial charge in [0.2, 0.25) is 0 Å². The fourth-order valence-electron chi connectivity index (χ4n) is 2.30. The van der Waals surface area contributed by atoms with Crippen molar-refractivity contribution < 1.29 is 14.9 Å². The summed E-state index contributed by atoms with van der Waals surface area (Å²) in [6, 6.07) is 6.35. The summed E-state index contributed by atoms with van der Waals surface area (Å²) in [6.07, 6.45) is 1.94. The normalized spacial score (nSPS) is 13.7. The van der Waals surface area contributed by atoms with Crippen LogP contribution in [0.3, 0.4) is 0 Å². The summed E-state index contributed by atoms with van der Waals surface area (Å²) in [5.74, 6) is 1.02. The molecule has 0 saturated carbocycles. The molecule has 4 heteroatoms. The van der Waals surface area contributed by atoms with Crippen molar-refractivity contribution in [3.05, 3.63) is 29.3 Å². The van der Waals surface area contributed by atoms with Gasteiger partial charge in [0.25, 0.3) is 0 Å². The third-order valence-corrected chi connectivity index (χ3v) is 3.30. The predicted molar refractivity (Wildman–Crippen MR) is 70.0 cm³/mol. The van der Waals surface area contributed by atoms with Crippen molar-refractivity contribution in [3.8, 4) is 5.75 Å². The Morgan fingerprint density at radius 3 is 2.61 bits per heavy atom. The molecule has 1 aliphatic heterocycles. The highest BCUT2D eigenvalue weighted by atomic mass is 16.5. The van der Waals surface area contributed by atoms with Crippen molar-refractivity contribution in [2.24, 2.45) is 0 Å². The average molecular weight is 251 g/mol. The van der Waals surface area contributed by atoms with Crippen LogP contribution in [-0.4, -0.2) is 54.6 Å². The summed E-state index contributed by atoms with van der Waals surface area (Å²) in [7, 11) is 0. The molecule has 0 fully saturated rings. The zero-order chi connectivity index (χ0) is 12.8. The molecule has 1 aliphatic rings. The van der Waals surface area contributed by atoms with Crippen LogP contribution in [0.25, 0.3) is 0 Å². The second-order valence-corrected chi connectivity index (χ2v) is 4.58. The van der Waals surface area contributed by atoms with E-state index >= 15 is 0 Å². The van der Waals surface area contributed by atoms with Gasteiger partial charge in [-0.3, -0.25) is 4.90 Å². The van der Waals surface area contributed by atoms with E-state index in [4.69, 9.17) is 14.9 Å². The molecule has 0 unspecified atom stereocenters. The van der Waals surface area contributed by atoms with Crippen molar-refractivity contribution in [3.63, 3.8) is 0 Å². The van der Waals surface area contributed by atoms with Crippen LogP contribution in [-0.2, 0) is 12.8 Å². The van der Waals surface area contributed by atoms with Crippen molar-refractivity contribution in [2.75, 3.05) is 39.5 Å². The molecule has 0 radical (unpaired) electrons. The summed E-state index contributed by atoms with van der Waals surface area (Å²) in [6.45, 7) is 3.17. The standard InChI is InChI=1S/C14H21NO3/c16-8-6-15(7-9-17)5-3-12-1-2-14-13(11-12)4-10-18-14/h1-2,11,16-17H,3-10H2. The van der Waals surface area contributed by atoms with Gasteiger partial charge in [0.05, 0.1) is 19.8 Å². The van der Waals surface area contributed by atoms with Gasteiger partial charge in [-0.25, -0.2) is 0 Å². The van der Waals surface area contributed by atoms with Crippen molar-refractivity contribution in [2.45, 2.75) is 12.8 Å². The Morgan fingerprint density at radius 1 is 1.11 bits per heavy atom. The number of aliphatic hydroxyl groups is 2. The van der Waals surface area contributed by atoms with Gasteiger partial charge >= 0.3 is 0 Å². The minimum absolute atomic E-state index is 0.137. The molecule has 1 aromatic carbocycles. The molecule has 100 valence electrons. The van der Waals surface area contributed by atoms with Crippen molar-refractivity contribution >= 4 is 0 Å². The number of aliphatic hydroxyl groups excluding tert-OH is 2. The molecule has 2 N–H and O–H groups in total. The summed E-state index contributed by atoms with van der Waals surface area (Å²) in [4.78, 5) is 2.07. The summed E-state index contributed by atoms with van der Waals surface area (Å²) >= 11 is 0. The van der Waals surface area contributed by atoms with Crippen LogP contribution in [0.15, 0.2) is 18.2 Å². The molecule has 1 heterocycles.